The number of nitrogens with zero attached hydrogens (tertiary/aromatic N) is 2. The summed E-state index contributed by atoms with van der Waals surface area (Å²) in [4.78, 5) is 35.2. The molecule has 1 N–H and O–H groups in total. The number of carbonyl (C=O) groups excluding carboxylic acids is 2. The predicted octanol–water partition coefficient (Wildman–Crippen LogP) is 5.02. The number of amides is 1. The number of ether oxygens (including phenoxy) is 2. The number of rotatable bonds is 7. The third-order valence-corrected chi connectivity index (χ3v) is 4.74. The summed E-state index contributed by atoms with van der Waals surface area (Å²) in [7, 11) is 1.35. The highest BCUT2D eigenvalue weighted by Crippen LogP contribution is 2.29. The summed E-state index contributed by atoms with van der Waals surface area (Å²) in [5.74, 6) is -0.882. The monoisotopic (exact) mass is 477 g/mol. The molecule has 3 aromatic carbocycles. The number of benzene rings is 3. The number of hydrogen-bond donors (Lipinski definition) is 1. The molecule has 0 aliphatic heterocycles. The first-order valence-corrected chi connectivity index (χ1v) is 10.0. The first-order valence-electron chi connectivity index (χ1n) is 9.64. The second kappa shape index (κ2) is 10.8. The SMILES string of the molecule is COc1ccc([N+](=O)[O-])cc1NC(=O)/C(C#N)=C/c1ccc(OC(=O)c2ccc(Cl)cc2)cc1. The third kappa shape index (κ3) is 5.97. The van der Waals surface area contributed by atoms with Crippen molar-refractivity contribution in [2.75, 3.05) is 12.4 Å². The molecule has 0 unspecified atom stereocenters. The molecule has 0 radical (unpaired) electrons. The van der Waals surface area contributed by atoms with E-state index >= 15 is 0 Å². The molecule has 3 aromatic rings. The first kappa shape index (κ1) is 24.0. The molecule has 34 heavy (non-hydrogen) atoms. The largest absolute Gasteiger partial charge is 0.495 e. The fourth-order valence-corrected chi connectivity index (χ4v) is 2.92. The highest BCUT2D eigenvalue weighted by molar-refractivity contribution is 6.30. The maximum absolute atomic E-state index is 12.6. The van der Waals surface area contributed by atoms with E-state index in [0.29, 0.717) is 16.1 Å². The second-order valence-corrected chi connectivity index (χ2v) is 7.17. The van der Waals surface area contributed by atoms with E-state index in [0.717, 1.165) is 6.07 Å². The van der Waals surface area contributed by atoms with Crippen molar-refractivity contribution in [2.24, 2.45) is 0 Å². The molecule has 10 heteroatoms. The summed E-state index contributed by atoms with van der Waals surface area (Å²) >= 11 is 5.81. The highest BCUT2D eigenvalue weighted by atomic mass is 35.5. The average molecular weight is 478 g/mol. The van der Waals surface area contributed by atoms with Gasteiger partial charge in [-0.3, -0.25) is 14.9 Å². The molecule has 9 nitrogen and oxygen atoms in total. The number of esters is 1. The van der Waals surface area contributed by atoms with Crippen molar-refractivity contribution < 1.29 is 24.0 Å². The Balaban J connectivity index is 1.74. The van der Waals surface area contributed by atoms with Crippen LogP contribution in [0.1, 0.15) is 15.9 Å². The van der Waals surface area contributed by atoms with E-state index in [-0.39, 0.29) is 28.4 Å². The third-order valence-electron chi connectivity index (χ3n) is 4.49. The molecule has 1 amide bonds. The van der Waals surface area contributed by atoms with Gasteiger partial charge in [-0.05, 0) is 54.1 Å². The van der Waals surface area contributed by atoms with Gasteiger partial charge in [0.25, 0.3) is 11.6 Å². The Labute approximate surface area is 198 Å². The number of nitro groups is 1. The molecular weight excluding hydrogens is 462 g/mol. The number of nitro benzene ring substituents is 1. The number of halogens is 1. The fourth-order valence-electron chi connectivity index (χ4n) is 2.80. The Morgan fingerprint density at radius 2 is 1.76 bits per heavy atom. The Morgan fingerprint density at radius 1 is 1.09 bits per heavy atom. The summed E-state index contributed by atoms with van der Waals surface area (Å²) in [5.41, 5.74) is 0.367. The van der Waals surface area contributed by atoms with Gasteiger partial charge in [0.05, 0.1) is 23.3 Å². The average Bonchev–Trinajstić information content (AvgIpc) is 2.83. The van der Waals surface area contributed by atoms with Gasteiger partial charge in [0.2, 0.25) is 0 Å². The lowest BCUT2D eigenvalue weighted by Crippen LogP contribution is -2.14. The summed E-state index contributed by atoms with van der Waals surface area (Å²) in [6.45, 7) is 0. The first-order chi connectivity index (χ1) is 16.3. The summed E-state index contributed by atoms with van der Waals surface area (Å²) < 4.78 is 10.4. The van der Waals surface area contributed by atoms with Gasteiger partial charge in [-0.1, -0.05) is 23.7 Å². The number of non-ortho nitro benzene ring substituents is 1. The van der Waals surface area contributed by atoms with Crippen LogP contribution in [0.15, 0.2) is 72.3 Å². The lowest BCUT2D eigenvalue weighted by atomic mass is 10.1. The van der Waals surface area contributed by atoms with Crippen LogP contribution in [0.4, 0.5) is 11.4 Å². The van der Waals surface area contributed by atoms with Crippen molar-refractivity contribution in [3.8, 4) is 17.6 Å². The van der Waals surface area contributed by atoms with Crippen LogP contribution >= 0.6 is 11.6 Å². The molecule has 0 atom stereocenters. The quantitative estimate of drug-likeness (QED) is 0.126. The zero-order chi connectivity index (χ0) is 24.7. The maximum Gasteiger partial charge on any atom is 0.343 e. The number of nitrogens with one attached hydrogen (secondary N) is 1. The van der Waals surface area contributed by atoms with Gasteiger partial charge < -0.3 is 14.8 Å². The van der Waals surface area contributed by atoms with E-state index < -0.39 is 16.8 Å². The van der Waals surface area contributed by atoms with Crippen molar-refractivity contribution in [1.82, 2.24) is 0 Å². The fraction of sp³-hybridized carbons (Fsp3) is 0.0417. The molecule has 0 saturated heterocycles. The maximum atomic E-state index is 12.6. The molecule has 0 aliphatic carbocycles. The minimum atomic E-state index is -0.778. The zero-order valence-corrected chi connectivity index (χ0v) is 18.4. The molecule has 0 saturated carbocycles. The Bertz CT molecular complexity index is 1310. The molecule has 0 aromatic heterocycles. The summed E-state index contributed by atoms with van der Waals surface area (Å²) in [6.07, 6.45) is 1.32. The smallest absolute Gasteiger partial charge is 0.343 e. The Kier molecular flexibility index (Phi) is 7.59. The van der Waals surface area contributed by atoms with Gasteiger partial charge in [0.15, 0.2) is 0 Å². The zero-order valence-electron chi connectivity index (χ0n) is 17.7. The molecule has 0 fully saturated rings. The summed E-state index contributed by atoms with van der Waals surface area (Å²) in [6, 6.07) is 17.9. The minimum absolute atomic E-state index is 0.0484. The molecule has 0 bridgehead atoms. The van der Waals surface area contributed by atoms with Gasteiger partial charge in [-0.25, -0.2) is 4.79 Å². The molecular formula is C24H16ClN3O6. The molecule has 0 spiro atoms. The molecule has 170 valence electrons. The van der Waals surface area contributed by atoms with Crippen molar-refractivity contribution in [3.63, 3.8) is 0 Å². The molecule has 0 aliphatic rings. The van der Waals surface area contributed by atoms with Crippen molar-refractivity contribution in [2.45, 2.75) is 0 Å². The lowest BCUT2D eigenvalue weighted by Gasteiger charge is -2.09. The van der Waals surface area contributed by atoms with E-state index in [1.165, 1.54) is 49.6 Å². The van der Waals surface area contributed by atoms with Crippen LogP contribution in [-0.2, 0) is 4.79 Å². The van der Waals surface area contributed by atoms with Crippen LogP contribution < -0.4 is 14.8 Å². The molecule has 0 heterocycles. The van der Waals surface area contributed by atoms with Crippen LogP contribution in [0.3, 0.4) is 0 Å². The van der Waals surface area contributed by atoms with Crippen molar-refractivity contribution in [3.05, 3.63) is 98.6 Å². The van der Waals surface area contributed by atoms with Crippen LogP contribution in [0.5, 0.6) is 11.5 Å². The lowest BCUT2D eigenvalue weighted by molar-refractivity contribution is -0.384. The Hall–Kier alpha value is -4.68. The van der Waals surface area contributed by atoms with Crippen LogP contribution in [-0.4, -0.2) is 23.9 Å². The van der Waals surface area contributed by atoms with E-state index in [2.05, 4.69) is 5.32 Å². The Morgan fingerprint density at radius 3 is 2.35 bits per heavy atom. The summed E-state index contributed by atoms with van der Waals surface area (Å²) in [5, 5.41) is 23.4. The van der Waals surface area contributed by atoms with Crippen molar-refractivity contribution >= 4 is 40.9 Å². The number of methoxy groups -OCH3 is 1. The van der Waals surface area contributed by atoms with Crippen LogP contribution in [0, 0.1) is 21.4 Å². The topological polar surface area (TPSA) is 132 Å². The van der Waals surface area contributed by atoms with Gasteiger partial charge in [0.1, 0.15) is 23.1 Å². The van der Waals surface area contributed by atoms with E-state index in [4.69, 9.17) is 21.1 Å². The highest BCUT2D eigenvalue weighted by Gasteiger charge is 2.16. The van der Waals surface area contributed by atoms with E-state index in [9.17, 15) is 25.0 Å². The predicted molar refractivity (Wildman–Crippen MR) is 125 cm³/mol. The van der Waals surface area contributed by atoms with Crippen LogP contribution in [0.25, 0.3) is 6.08 Å². The number of carbonyl (C=O) groups is 2. The number of hydrogen-bond acceptors (Lipinski definition) is 7. The normalized spacial score (nSPS) is 10.7. The van der Waals surface area contributed by atoms with Crippen molar-refractivity contribution in [1.29, 1.82) is 5.26 Å². The van der Waals surface area contributed by atoms with E-state index in [1.54, 1.807) is 30.3 Å². The minimum Gasteiger partial charge on any atom is -0.495 e. The molecule has 3 rings (SSSR count). The van der Waals surface area contributed by atoms with Gasteiger partial charge in [0, 0.05) is 17.2 Å². The number of anilines is 1. The van der Waals surface area contributed by atoms with Gasteiger partial charge in [-0.2, -0.15) is 5.26 Å². The van der Waals surface area contributed by atoms with E-state index in [1.807, 2.05) is 0 Å². The standard InChI is InChI=1S/C24H16ClN3O6/c1-33-22-11-8-19(28(31)32)13-21(22)27-23(29)17(14-26)12-15-2-9-20(10-3-15)34-24(30)16-4-6-18(25)7-5-16/h2-13H,1H3,(H,27,29)/b17-12+. The van der Waals surface area contributed by atoms with Gasteiger partial charge in [-0.15, -0.1) is 0 Å². The number of nitriles is 1. The van der Waals surface area contributed by atoms with Crippen LogP contribution in [0.2, 0.25) is 5.02 Å². The second-order valence-electron chi connectivity index (χ2n) is 6.73. The van der Waals surface area contributed by atoms with Gasteiger partial charge >= 0.3 is 5.97 Å².